The zero-order valence-electron chi connectivity index (χ0n) is 15.0. The standard InChI is InChI=1S/C17H20N4O5/c1-5-6-9-18-12-8-7-11(15(19-12)16(22)25-4)26-17-20-13(23-2)10-14(21-17)24-3/h5-8,10H,9H2,1-4H3,(H,18,19)/b6-5+. The highest BCUT2D eigenvalue weighted by Gasteiger charge is 2.18. The van der Waals surface area contributed by atoms with Crippen molar-refractivity contribution in [1.29, 1.82) is 0 Å². The van der Waals surface area contributed by atoms with E-state index in [4.69, 9.17) is 18.9 Å². The second-order valence-corrected chi connectivity index (χ2v) is 4.82. The number of nitrogens with zero attached hydrogens (tertiary/aromatic N) is 3. The van der Waals surface area contributed by atoms with Crippen molar-refractivity contribution < 1.29 is 23.7 Å². The molecule has 2 aromatic heterocycles. The fourth-order valence-corrected chi connectivity index (χ4v) is 1.89. The molecule has 9 nitrogen and oxygen atoms in total. The van der Waals surface area contributed by atoms with Crippen LogP contribution in [0.5, 0.6) is 23.5 Å². The molecule has 0 atom stereocenters. The van der Waals surface area contributed by atoms with Crippen molar-refractivity contribution in [1.82, 2.24) is 15.0 Å². The highest BCUT2D eigenvalue weighted by Crippen LogP contribution is 2.27. The molecule has 0 radical (unpaired) electrons. The van der Waals surface area contributed by atoms with Crippen LogP contribution in [-0.4, -0.2) is 48.8 Å². The topological polar surface area (TPSA) is 105 Å². The summed E-state index contributed by atoms with van der Waals surface area (Å²) in [5, 5.41) is 3.06. The number of esters is 1. The lowest BCUT2D eigenvalue weighted by Crippen LogP contribution is -2.10. The van der Waals surface area contributed by atoms with Crippen LogP contribution in [0.3, 0.4) is 0 Å². The fraction of sp³-hybridized carbons (Fsp3) is 0.294. The van der Waals surface area contributed by atoms with E-state index >= 15 is 0 Å². The summed E-state index contributed by atoms with van der Waals surface area (Å²) in [5.74, 6) is 0.501. The first-order valence-electron chi connectivity index (χ1n) is 7.70. The van der Waals surface area contributed by atoms with E-state index in [1.54, 1.807) is 12.1 Å². The molecule has 0 bridgehead atoms. The number of carbonyl (C=O) groups excluding carboxylic acids is 1. The van der Waals surface area contributed by atoms with E-state index in [-0.39, 0.29) is 29.2 Å². The average Bonchev–Trinajstić information content (AvgIpc) is 2.68. The van der Waals surface area contributed by atoms with E-state index in [9.17, 15) is 4.79 Å². The number of pyridine rings is 1. The van der Waals surface area contributed by atoms with Gasteiger partial charge in [0.2, 0.25) is 11.8 Å². The van der Waals surface area contributed by atoms with Gasteiger partial charge in [-0.2, -0.15) is 9.97 Å². The van der Waals surface area contributed by atoms with Gasteiger partial charge in [0.25, 0.3) is 0 Å². The van der Waals surface area contributed by atoms with Gasteiger partial charge in [-0.3, -0.25) is 0 Å². The maximum absolute atomic E-state index is 12.1. The Hall–Kier alpha value is -3.36. The molecule has 2 heterocycles. The van der Waals surface area contributed by atoms with Gasteiger partial charge < -0.3 is 24.3 Å². The van der Waals surface area contributed by atoms with E-state index < -0.39 is 5.97 Å². The molecule has 0 aliphatic heterocycles. The Morgan fingerprint density at radius 2 is 1.81 bits per heavy atom. The number of anilines is 1. The largest absolute Gasteiger partial charge is 0.481 e. The molecule has 1 N–H and O–H groups in total. The van der Waals surface area contributed by atoms with Gasteiger partial charge in [0.15, 0.2) is 11.4 Å². The van der Waals surface area contributed by atoms with Gasteiger partial charge in [-0.15, -0.1) is 0 Å². The summed E-state index contributed by atoms with van der Waals surface area (Å²) in [7, 11) is 4.18. The molecule has 0 saturated heterocycles. The van der Waals surface area contributed by atoms with Crippen LogP contribution in [0.25, 0.3) is 0 Å². The van der Waals surface area contributed by atoms with Crippen molar-refractivity contribution in [3.8, 4) is 23.5 Å². The molecule has 138 valence electrons. The minimum Gasteiger partial charge on any atom is -0.481 e. The molecule has 0 spiro atoms. The molecular formula is C17H20N4O5. The number of carbonyl (C=O) groups is 1. The smallest absolute Gasteiger partial charge is 0.360 e. The number of nitrogens with one attached hydrogen (secondary N) is 1. The van der Waals surface area contributed by atoms with E-state index in [2.05, 4.69) is 20.3 Å². The first-order chi connectivity index (χ1) is 12.6. The van der Waals surface area contributed by atoms with Gasteiger partial charge in [0, 0.05) is 6.54 Å². The molecule has 0 aromatic carbocycles. The molecule has 0 aliphatic rings. The Bertz CT molecular complexity index is 772. The van der Waals surface area contributed by atoms with Crippen LogP contribution in [0.2, 0.25) is 0 Å². The number of rotatable bonds is 8. The molecule has 2 rings (SSSR count). The number of hydrogen-bond donors (Lipinski definition) is 1. The van der Waals surface area contributed by atoms with Gasteiger partial charge in [-0.05, 0) is 19.1 Å². The van der Waals surface area contributed by atoms with Crippen LogP contribution >= 0.6 is 0 Å². The Morgan fingerprint density at radius 3 is 2.38 bits per heavy atom. The number of methoxy groups -OCH3 is 3. The Morgan fingerprint density at radius 1 is 1.12 bits per heavy atom. The third-order valence-electron chi connectivity index (χ3n) is 3.15. The SMILES string of the molecule is C/C=C/CNc1ccc(Oc2nc(OC)cc(OC)n2)c(C(=O)OC)n1. The second-order valence-electron chi connectivity index (χ2n) is 4.82. The third kappa shape index (κ3) is 4.82. The van der Waals surface area contributed by atoms with Crippen LogP contribution in [-0.2, 0) is 4.74 Å². The zero-order chi connectivity index (χ0) is 18.9. The van der Waals surface area contributed by atoms with Crippen molar-refractivity contribution in [2.75, 3.05) is 33.2 Å². The molecule has 0 fully saturated rings. The fourth-order valence-electron chi connectivity index (χ4n) is 1.89. The Kier molecular flexibility index (Phi) is 6.72. The minimum atomic E-state index is -0.649. The zero-order valence-corrected chi connectivity index (χ0v) is 15.0. The number of ether oxygens (including phenoxy) is 4. The van der Waals surface area contributed by atoms with Crippen LogP contribution in [0.15, 0.2) is 30.4 Å². The molecule has 26 heavy (non-hydrogen) atoms. The lowest BCUT2D eigenvalue weighted by Gasteiger charge is -2.11. The van der Waals surface area contributed by atoms with Gasteiger partial charge >= 0.3 is 12.0 Å². The number of aromatic nitrogens is 3. The van der Waals surface area contributed by atoms with Crippen molar-refractivity contribution in [3.63, 3.8) is 0 Å². The Balaban J connectivity index is 2.34. The predicted molar refractivity (Wildman–Crippen MR) is 94.1 cm³/mol. The highest BCUT2D eigenvalue weighted by atomic mass is 16.5. The maximum Gasteiger partial charge on any atom is 0.360 e. The molecule has 2 aromatic rings. The first-order valence-corrected chi connectivity index (χ1v) is 7.70. The van der Waals surface area contributed by atoms with E-state index in [0.717, 1.165) is 0 Å². The van der Waals surface area contributed by atoms with Crippen molar-refractivity contribution in [2.45, 2.75) is 6.92 Å². The van der Waals surface area contributed by atoms with Crippen molar-refractivity contribution in [2.24, 2.45) is 0 Å². The lowest BCUT2D eigenvalue weighted by molar-refractivity contribution is 0.0591. The molecule has 0 amide bonds. The summed E-state index contributed by atoms with van der Waals surface area (Å²) in [6.07, 6.45) is 3.82. The molecule has 0 aliphatic carbocycles. The summed E-state index contributed by atoms with van der Waals surface area (Å²) in [6.45, 7) is 2.48. The third-order valence-corrected chi connectivity index (χ3v) is 3.15. The van der Waals surface area contributed by atoms with Crippen molar-refractivity contribution in [3.05, 3.63) is 36.0 Å². The normalized spacial score (nSPS) is 10.5. The van der Waals surface area contributed by atoms with Crippen LogP contribution in [0.1, 0.15) is 17.4 Å². The van der Waals surface area contributed by atoms with E-state index in [1.807, 2.05) is 19.1 Å². The highest BCUT2D eigenvalue weighted by molar-refractivity contribution is 5.90. The lowest BCUT2D eigenvalue weighted by atomic mass is 10.3. The quantitative estimate of drug-likeness (QED) is 0.561. The average molecular weight is 360 g/mol. The summed E-state index contributed by atoms with van der Waals surface area (Å²) in [5.41, 5.74) is -0.0108. The molecular weight excluding hydrogens is 340 g/mol. The van der Waals surface area contributed by atoms with Gasteiger partial charge in [-0.25, -0.2) is 9.78 Å². The van der Waals surface area contributed by atoms with E-state index in [0.29, 0.717) is 12.4 Å². The van der Waals surface area contributed by atoms with Gasteiger partial charge in [0.05, 0.1) is 27.4 Å². The number of hydrogen-bond acceptors (Lipinski definition) is 9. The van der Waals surface area contributed by atoms with E-state index in [1.165, 1.54) is 27.4 Å². The maximum atomic E-state index is 12.1. The summed E-state index contributed by atoms with van der Waals surface area (Å²) in [4.78, 5) is 24.4. The van der Waals surface area contributed by atoms with Gasteiger partial charge in [0.1, 0.15) is 5.82 Å². The molecule has 0 unspecified atom stereocenters. The molecule has 0 saturated carbocycles. The minimum absolute atomic E-state index is 0.0108. The first kappa shape index (κ1) is 19.0. The van der Waals surface area contributed by atoms with Crippen molar-refractivity contribution >= 4 is 11.8 Å². The predicted octanol–water partition coefficient (Wildman–Crippen LogP) is 2.46. The number of allylic oxidation sites excluding steroid dienone is 1. The monoisotopic (exact) mass is 360 g/mol. The summed E-state index contributed by atoms with van der Waals surface area (Å²) < 4.78 is 20.5. The van der Waals surface area contributed by atoms with Crippen LogP contribution in [0, 0.1) is 0 Å². The molecule has 9 heteroatoms. The second kappa shape index (κ2) is 9.21. The Labute approximate surface area is 151 Å². The van der Waals surface area contributed by atoms with Gasteiger partial charge in [-0.1, -0.05) is 12.2 Å². The summed E-state index contributed by atoms with van der Waals surface area (Å²) >= 11 is 0. The van der Waals surface area contributed by atoms with Crippen LogP contribution < -0.4 is 19.5 Å². The van der Waals surface area contributed by atoms with Crippen LogP contribution in [0.4, 0.5) is 5.82 Å². The summed E-state index contributed by atoms with van der Waals surface area (Å²) in [6, 6.07) is 4.69.